The minimum Gasteiger partial charge on any atom is -0.324 e. The highest BCUT2D eigenvalue weighted by Gasteiger charge is 2.12. The largest absolute Gasteiger partial charge is 0.324 e. The number of nitrogens with one attached hydrogen (secondary N) is 2. The van der Waals surface area contributed by atoms with E-state index in [1.54, 1.807) is 42.5 Å². The summed E-state index contributed by atoms with van der Waals surface area (Å²) in [5.41, 5.74) is 4.76. The molecule has 0 amide bonds. The molecule has 2 N–H and O–H groups in total. The van der Waals surface area contributed by atoms with E-state index in [-0.39, 0.29) is 5.95 Å². The lowest BCUT2D eigenvalue weighted by molar-refractivity contribution is 0.191. The zero-order valence-corrected chi connectivity index (χ0v) is 17.1. The normalized spacial score (nSPS) is 10.4. The first kappa shape index (κ1) is 20.8. The van der Waals surface area contributed by atoms with Crippen molar-refractivity contribution in [3.63, 3.8) is 0 Å². The Labute approximate surface area is 178 Å². The maximum Gasteiger partial charge on any atom is 0.252 e. The van der Waals surface area contributed by atoms with Crippen LogP contribution in [0, 0.1) is 11.3 Å². The van der Waals surface area contributed by atoms with Crippen molar-refractivity contribution in [1.29, 1.82) is 5.26 Å². The van der Waals surface area contributed by atoms with Gasteiger partial charge in [-0.05, 0) is 48.4 Å². The molecule has 3 aromatic rings. The van der Waals surface area contributed by atoms with Gasteiger partial charge in [0.25, 0.3) is 5.95 Å². The summed E-state index contributed by atoms with van der Waals surface area (Å²) < 4.78 is 0. The van der Waals surface area contributed by atoms with Crippen LogP contribution in [0.25, 0.3) is 0 Å². The number of rotatable bonds is 8. The molecule has 1 aromatic heterocycles. The van der Waals surface area contributed by atoms with Gasteiger partial charge in [-0.2, -0.15) is 20.2 Å². The molecular weight excluding hydrogens is 411 g/mol. The van der Waals surface area contributed by atoms with Crippen LogP contribution >= 0.6 is 23.2 Å². The highest BCUT2D eigenvalue weighted by atomic mass is 35.5. The quantitative estimate of drug-likeness (QED) is 0.378. The summed E-state index contributed by atoms with van der Waals surface area (Å²) >= 11 is 12.6. The third kappa shape index (κ3) is 5.78. The lowest BCUT2D eigenvalue weighted by atomic mass is 10.1. The second kappa shape index (κ2) is 10.0. The standard InChI is InChI=1S/C20H18Cl2N6O/c1-2-10-29-28-20-26-18(11-15-16(21)4-3-5-17(15)22)25-19(27-20)24-14-8-6-13(12-23)7-9-14/h3-9H,2,10-11H2,1H3,(H2,24,25,26,27,28). The van der Waals surface area contributed by atoms with Crippen molar-refractivity contribution in [3.05, 3.63) is 69.5 Å². The van der Waals surface area contributed by atoms with Crippen molar-refractivity contribution in [2.45, 2.75) is 19.8 Å². The van der Waals surface area contributed by atoms with Gasteiger partial charge in [0, 0.05) is 22.2 Å². The zero-order valence-electron chi connectivity index (χ0n) is 15.6. The highest BCUT2D eigenvalue weighted by Crippen LogP contribution is 2.26. The second-order valence-electron chi connectivity index (χ2n) is 6.04. The molecule has 0 saturated carbocycles. The Morgan fingerprint density at radius 3 is 2.34 bits per heavy atom. The summed E-state index contributed by atoms with van der Waals surface area (Å²) in [6.07, 6.45) is 1.17. The van der Waals surface area contributed by atoms with E-state index in [4.69, 9.17) is 33.3 Å². The number of anilines is 3. The van der Waals surface area contributed by atoms with Crippen LogP contribution in [-0.4, -0.2) is 21.6 Å². The molecule has 29 heavy (non-hydrogen) atoms. The van der Waals surface area contributed by atoms with Gasteiger partial charge in [0.15, 0.2) is 0 Å². The number of hydrogen-bond acceptors (Lipinski definition) is 7. The van der Waals surface area contributed by atoms with Gasteiger partial charge in [-0.15, -0.1) is 0 Å². The van der Waals surface area contributed by atoms with Gasteiger partial charge in [-0.25, -0.2) is 5.48 Å². The summed E-state index contributed by atoms with van der Waals surface area (Å²) in [7, 11) is 0. The van der Waals surface area contributed by atoms with E-state index in [9.17, 15) is 0 Å². The number of nitrogens with zero attached hydrogens (tertiary/aromatic N) is 4. The van der Waals surface area contributed by atoms with E-state index in [0.29, 0.717) is 40.4 Å². The van der Waals surface area contributed by atoms with Crippen molar-refractivity contribution in [1.82, 2.24) is 15.0 Å². The number of nitriles is 1. The molecule has 0 aliphatic rings. The molecule has 3 rings (SSSR count). The van der Waals surface area contributed by atoms with E-state index in [1.807, 2.05) is 6.92 Å². The number of halogens is 2. The summed E-state index contributed by atoms with van der Waals surface area (Å²) in [5.74, 6) is 1.06. The van der Waals surface area contributed by atoms with Crippen LogP contribution in [0.3, 0.4) is 0 Å². The van der Waals surface area contributed by atoms with Crippen molar-refractivity contribution in [2.75, 3.05) is 17.4 Å². The van der Waals surface area contributed by atoms with Gasteiger partial charge in [-0.3, -0.25) is 4.84 Å². The van der Waals surface area contributed by atoms with Crippen LogP contribution in [-0.2, 0) is 11.3 Å². The van der Waals surface area contributed by atoms with Crippen LogP contribution < -0.4 is 10.8 Å². The summed E-state index contributed by atoms with van der Waals surface area (Å²) in [6, 6.07) is 14.4. The van der Waals surface area contributed by atoms with Gasteiger partial charge < -0.3 is 5.32 Å². The predicted octanol–water partition coefficient (Wildman–Crippen LogP) is 5.14. The fraction of sp³-hybridized carbons (Fsp3) is 0.200. The average Bonchev–Trinajstić information content (AvgIpc) is 2.72. The molecular formula is C20H18Cl2N6O. The third-order valence-corrected chi connectivity index (χ3v) is 4.53. The molecule has 0 unspecified atom stereocenters. The van der Waals surface area contributed by atoms with E-state index < -0.39 is 0 Å². The van der Waals surface area contributed by atoms with Crippen molar-refractivity contribution in [2.24, 2.45) is 0 Å². The molecule has 0 spiro atoms. The van der Waals surface area contributed by atoms with Gasteiger partial charge in [-0.1, -0.05) is 36.2 Å². The molecule has 9 heteroatoms. The third-order valence-electron chi connectivity index (χ3n) is 3.82. The Morgan fingerprint density at radius 2 is 1.69 bits per heavy atom. The lowest BCUT2D eigenvalue weighted by Gasteiger charge is -2.11. The second-order valence-corrected chi connectivity index (χ2v) is 6.85. The lowest BCUT2D eigenvalue weighted by Crippen LogP contribution is -2.11. The maximum absolute atomic E-state index is 8.93. The summed E-state index contributed by atoms with van der Waals surface area (Å²) in [5, 5.41) is 13.1. The van der Waals surface area contributed by atoms with E-state index in [2.05, 4.69) is 31.8 Å². The van der Waals surface area contributed by atoms with Gasteiger partial charge in [0.2, 0.25) is 5.95 Å². The predicted molar refractivity (Wildman–Crippen MR) is 113 cm³/mol. The first-order valence-corrected chi connectivity index (χ1v) is 9.67. The number of hydrogen-bond donors (Lipinski definition) is 2. The fourth-order valence-corrected chi connectivity index (χ4v) is 2.97. The Bertz CT molecular complexity index is 1000. The molecule has 0 radical (unpaired) electrons. The Hall–Kier alpha value is -2.92. The van der Waals surface area contributed by atoms with Crippen LogP contribution in [0.4, 0.5) is 17.6 Å². The van der Waals surface area contributed by atoms with Crippen LogP contribution in [0.2, 0.25) is 10.0 Å². The molecule has 0 aliphatic heterocycles. The van der Waals surface area contributed by atoms with Crippen molar-refractivity contribution in [3.8, 4) is 6.07 Å². The van der Waals surface area contributed by atoms with Crippen LogP contribution in [0.15, 0.2) is 42.5 Å². The van der Waals surface area contributed by atoms with E-state index >= 15 is 0 Å². The summed E-state index contributed by atoms with van der Waals surface area (Å²) in [4.78, 5) is 18.5. The average molecular weight is 429 g/mol. The first-order valence-electron chi connectivity index (χ1n) is 8.92. The Morgan fingerprint density at radius 1 is 1.00 bits per heavy atom. The fourth-order valence-electron chi connectivity index (χ4n) is 2.43. The number of benzene rings is 2. The molecule has 0 fully saturated rings. The van der Waals surface area contributed by atoms with E-state index in [1.165, 1.54) is 0 Å². The van der Waals surface area contributed by atoms with Crippen LogP contribution in [0.5, 0.6) is 0 Å². The molecule has 0 saturated heterocycles. The number of aromatic nitrogens is 3. The molecule has 0 bridgehead atoms. The Kier molecular flexibility index (Phi) is 7.19. The molecule has 148 valence electrons. The SMILES string of the molecule is CCCONc1nc(Cc2c(Cl)cccc2Cl)nc(Nc2ccc(C#N)cc2)n1. The highest BCUT2D eigenvalue weighted by molar-refractivity contribution is 6.36. The van der Waals surface area contributed by atoms with Gasteiger partial charge >= 0.3 is 0 Å². The minimum absolute atomic E-state index is 0.266. The molecule has 0 atom stereocenters. The maximum atomic E-state index is 8.93. The minimum atomic E-state index is 0.266. The van der Waals surface area contributed by atoms with Crippen molar-refractivity contribution < 1.29 is 4.84 Å². The molecule has 7 nitrogen and oxygen atoms in total. The smallest absolute Gasteiger partial charge is 0.252 e. The van der Waals surface area contributed by atoms with E-state index in [0.717, 1.165) is 17.7 Å². The monoisotopic (exact) mass is 428 g/mol. The van der Waals surface area contributed by atoms with Gasteiger partial charge in [0.1, 0.15) is 5.82 Å². The van der Waals surface area contributed by atoms with Crippen LogP contribution in [0.1, 0.15) is 30.3 Å². The molecule has 2 aromatic carbocycles. The molecule has 1 heterocycles. The summed E-state index contributed by atoms with van der Waals surface area (Å²) in [6.45, 7) is 2.51. The Balaban J connectivity index is 1.89. The zero-order chi connectivity index (χ0) is 20.6. The van der Waals surface area contributed by atoms with Crippen molar-refractivity contribution >= 4 is 40.8 Å². The van der Waals surface area contributed by atoms with Gasteiger partial charge in [0.05, 0.1) is 18.2 Å². The topological polar surface area (TPSA) is 95.8 Å². The first-order chi connectivity index (χ1) is 14.1. The molecule has 0 aliphatic carbocycles.